The summed E-state index contributed by atoms with van der Waals surface area (Å²) in [6.07, 6.45) is 0. The van der Waals surface area contributed by atoms with E-state index in [4.69, 9.17) is 0 Å². The average Bonchev–Trinajstić information content (AvgIpc) is 2.85. The Morgan fingerprint density at radius 2 is 1.56 bits per heavy atom. The lowest BCUT2D eigenvalue weighted by molar-refractivity contribution is 0.599. The van der Waals surface area contributed by atoms with Gasteiger partial charge in [0.2, 0.25) is 0 Å². The van der Waals surface area contributed by atoms with Gasteiger partial charge in [-0.25, -0.2) is 17.5 Å². The number of hydrogen-bond donors (Lipinski definition) is 1. The molecular weight excluding hydrogens is 341 g/mol. The quantitative estimate of drug-likeness (QED) is 0.772. The molecule has 0 saturated carbocycles. The van der Waals surface area contributed by atoms with E-state index in [9.17, 15) is 12.8 Å². The van der Waals surface area contributed by atoms with Crippen molar-refractivity contribution in [2.24, 2.45) is 0 Å². The monoisotopic (exact) mass is 359 g/mol. The molecule has 0 radical (unpaired) electrons. The second-order valence-corrected chi connectivity index (χ2v) is 7.48. The van der Waals surface area contributed by atoms with Crippen molar-refractivity contribution in [2.75, 3.05) is 4.72 Å². The molecule has 0 aliphatic rings. The number of nitrogens with zero attached hydrogens (tertiary/aromatic N) is 2. The summed E-state index contributed by atoms with van der Waals surface area (Å²) in [5.41, 5.74) is 3.09. The molecule has 1 N–H and O–H groups in total. The number of aryl methyl sites for hydroxylation is 2. The molecule has 0 unspecified atom stereocenters. The lowest BCUT2D eigenvalue weighted by Crippen LogP contribution is -2.15. The Kier molecular flexibility index (Phi) is 4.34. The van der Waals surface area contributed by atoms with Gasteiger partial charge in [-0.2, -0.15) is 5.10 Å². The molecular formula is C18H18FN3O2S. The molecule has 0 spiro atoms. The van der Waals surface area contributed by atoms with Crippen molar-refractivity contribution in [3.63, 3.8) is 0 Å². The summed E-state index contributed by atoms with van der Waals surface area (Å²) < 4.78 is 42.6. The Hall–Kier alpha value is -2.67. The molecule has 0 atom stereocenters. The lowest BCUT2D eigenvalue weighted by Gasteiger charge is -2.09. The van der Waals surface area contributed by atoms with E-state index in [1.165, 1.54) is 24.3 Å². The van der Waals surface area contributed by atoms with Crippen molar-refractivity contribution in [3.8, 4) is 5.69 Å². The third kappa shape index (κ3) is 3.41. The van der Waals surface area contributed by atoms with E-state index in [1.54, 1.807) is 18.5 Å². The largest absolute Gasteiger partial charge is 0.280 e. The molecule has 3 aromatic rings. The minimum Gasteiger partial charge on any atom is -0.280 e. The molecule has 1 heterocycles. The van der Waals surface area contributed by atoms with Gasteiger partial charge in [0.05, 0.1) is 17.1 Å². The molecule has 5 nitrogen and oxygen atoms in total. The van der Waals surface area contributed by atoms with Crippen LogP contribution in [-0.2, 0) is 10.0 Å². The molecule has 1 aromatic heterocycles. The zero-order valence-electron chi connectivity index (χ0n) is 14.1. The van der Waals surface area contributed by atoms with E-state index < -0.39 is 15.8 Å². The van der Waals surface area contributed by atoms with Gasteiger partial charge in [-0.05, 0) is 57.2 Å². The molecule has 7 heteroatoms. The first-order chi connectivity index (χ1) is 11.8. The van der Waals surface area contributed by atoms with Crippen molar-refractivity contribution in [3.05, 3.63) is 71.3 Å². The fourth-order valence-electron chi connectivity index (χ4n) is 2.68. The van der Waals surface area contributed by atoms with E-state index in [1.807, 2.05) is 31.2 Å². The highest BCUT2D eigenvalue weighted by Gasteiger charge is 2.25. The summed E-state index contributed by atoms with van der Waals surface area (Å²) in [4.78, 5) is 0.123. The SMILES string of the molecule is Cc1ccc(-n2nc(C)c(S(=O)(=O)Nc3ccc(F)cc3)c2C)cc1. The number of benzene rings is 2. The van der Waals surface area contributed by atoms with Crippen LogP contribution < -0.4 is 4.72 Å². The summed E-state index contributed by atoms with van der Waals surface area (Å²) in [6, 6.07) is 12.8. The van der Waals surface area contributed by atoms with Crippen LogP contribution in [0.4, 0.5) is 10.1 Å². The number of aromatic nitrogens is 2. The normalized spacial score (nSPS) is 11.5. The molecule has 0 amide bonds. The molecule has 0 aliphatic carbocycles. The van der Waals surface area contributed by atoms with E-state index >= 15 is 0 Å². The standard InChI is InChI=1S/C18H18FN3O2S/c1-12-4-10-17(11-5-12)22-14(3)18(13(2)20-22)25(23,24)21-16-8-6-15(19)7-9-16/h4-11,21H,1-3H3. The van der Waals surface area contributed by atoms with Crippen LogP contribution in [0.25, 0.3) is 5.69 Å². The lowest BCUT2D eigenvalue weighted by atomic mass is 10.2. The zero-order chi connectivity index (χ0) is 18.2. The van der Waals surface area contributed by atoms with Crippen LogP contribution in [0.5, 0.6) is 0 Å². The topological polar surface area (TPSA) is 64.0 Å². The molecule has 0 aliphatic heterocycles. The first kappa shape index (κ1) is 17.2. The van der Waals surface area contributed by atoms with Crippen molar-refractivity contribution < 1.29 is 12.8 Å². The van der Waals surface area contributed by atoms with Gasteiger partial charge in [0.25, 0.3) is 10.0 Å². The van der Waals surface area contributed by atoms with Gasteiger partial charge in [-0.15, -0.1) is 0 Å². The predicted molar refractivity (Wildman–Crippen MR) is 95.0 cm³/mol. The fourth-order valence-corrected chi connectivity index (χ4v) is 4.13. The number of halogens is 1. The van der Waals surface area contributed by atoms with Crippen molar-refractivity contribution >= 4 is 15.7 Å². The van der Waals surface area contributed by atoms with Gasteiger partial charge in [-0.1, -0.05) is 17.7 Å². The minimum atomic E-state index is -3.84. The molecule has 3 rings (SSSR count). The van der Waals surface area contributed by atoms with Crippen molar-refractivity contribution in [2.45, 2.75) is 25.7 Å². The molecule has 2 aromatic carbocycles. The van der Waals surface area contributed by atoms with Crippen LogP contribution in [-0.4, -0.2) is 18.2 Å². The number of sulfonamides is 1. The second kappa shape index (κ2) is 6.33. The van der Waals surface area contributed by atoms with Crippen LogP contribution in [0.15, 0.2) is 53.4 Å². The summed E-state index contributed by atoms with van der Waals surface area (Å²) in [5, 5.41) is 4.37. The molecule has 25 heavy (non-hydrogen) atoms. The number of anilines is 1. The van der Waals surface area contributed by atoms with Crippen LogP contribution in [0.3, 0.4) is 0 Å². The first-order valence-corrected chi connectivity index (χ1v) is 9.18. The Labute approximate surface area is 146 Å². The predicted octanol–water partition coefficient (Wildman–Crippen LogP) is 3.74. The summed E-state index contributed by atoms with van der Waals surface area (Å²) in [6.45, 7) is 5.34. The molecule has 0 fully saturated rings. The number of nitrogens with one attached hydrogen (secondary N) is 1. The van der Waals surface area contributed by atoms with Crippen molar-refractivity contribution in [1.29, 1.82) is 0 Å². The van der Waals surface area contributed by atoms with E-state index in [-0.39, 0.29) is 4.90 Å². The Morgan fingerprint density at radius 1 is 0.960 bits per heavy atom. The highest BCUT2D eigenvalue weighted by atomic mass is 32.2. The van der Waals surface area contributed by atoms with Gasteiger partial charge in [0, 0.05) is 5.69 Å². The zero-order valence-corrected chi connectivity index (χ0v) is 14.9. The number of rotatable bonds is 4. The van der Waals surface area contributed by atoms with E-state index in [0.717, 1.165) is 11.3 Å². The minimum absolute atomic E-state index is 0.123. The van der Waals surface area contributed by atoms with Crippen LogP contribution in [0, 0.1) is 26.6 Å². The maximum atomic E-state index is 13.0. The van der Waals surface area contributed by atoms with Gasteiger partial charge in [-0.3, -0.25) is 4.72 Å². The van der Waals surface area contributed by atoms with Crippen LogP contribution in [0.1, 0.15) is 17.0 Å². The summed E-state index contributed by atoms with van der Waals surface area (Å²) >= 11 is 0. The smallest absolute Gasteiger partial charge is 0.265 e. The highest BCUT2D eigenvalue weighted by molar-refractivity contribution is 7.92. The maximum Gasteiger partial charge on any atom is 0.265 e. The van der Waals surface area contributed by atoms with E-state index in [2.05, 4.69) is 9.82 Å². The summed E-state index contributed by atoms with van der Waals surface area (Å²) in [5.74, 6) is -0.428. The summed E-state index contributed by atoms with van der Waals surface area (Å²) in [7, 11) is -3.84. The fraction of sp³-hybridized carbons (Fsp3) is 0.167. The Morgan fingerprint density at radius 3 is 2.16 bits per heavy atom. The molecule has 0 saturated heterocycles. The number of hydrogen-bond acceptors (Lipinski definition) is 3. The van der Waals surface area contributed by atoms with Crippen LogP contribution in [0.2, 0.25) is 0 Å². The highest BCUT2D eigenvalue weighted by Crippen LogP contribution is 2.25. The third-order valence-electron chi connectivity index (χ3n) is 3.87. The van der Waals surface area contributed by atoms with Crippen molar-refractivity contribution in [1.82, 2.24) is 9.78 Å². The maximum absolute atomic E-state index is 13.0. The second-order valence-electron chi connectivity index (χ2n) is 5.86. The van der Waals surface area contributed by atoms with Crippen LogP contribution >= 0.6 is 0 Å². The molecule has 0 bridgehead atoms. The molecule has 130 valence electrons. The van der Waals surface area contributed by atoms with Gasteiger partial charge >= 0.3 is 0 Å². The first-order valence-electron chi connectivity index (χ1n) is 7.69. The Balaban J connectivity index is 2.02. The van der Waals surface area contributed by atoms with Gasteiger partial charge in [0.15, 0.2) is 0 Å². The van der Waals surface area contributed by atoms with E-state index in [0.29, 0.717) is 17.1 Å². The third-order valence-corrected chi connectivity index (χ3v) is 5.50. The Bertz CT molecular complexity index is 1010. The van der Waals surface area contributed by atoms with Gasteiger partial charge < -0.3 is 0 Å². The van der Waals surface area contributed by atoms with Gasteiger partial charge in [0.1, 0.15) is 10.7 Å². The average molecular weight is 359 g/mol.